The first-order valence-electron chi connectivity index (χ1n) is 9.49. The van der Waals surface area contributed by atoms with E-state index < -0.39 is 0 Å². The van der Waals surface area contributed by atoms with Crippen molar-refractivity contribution < 1.29 is 4.79 Å². The summed E-state index contributed by atoms with van der Waals surface area (Å²) in [5, 5.41) is 0. The smallest absolute Gasteiger partial charge is 0.120 e. The summed E-state index contributed by atoms with van der Waals surface area (Å²) in [7, 11) is 0. The fourth-order valence-electron chi connectivity index (χ4n) is 2.56. The Labute approximate surface area is 150 Å². The van der Waals surface area contributed by atoms with Crippen molar-refractivity contribution >= 4 is 6.29 Å². The summed E-state index contributed by atoms with van der Waals surface area (Å²) >= 11 is 0. The van der Waals surface area contributed by atoms with Crippen molar-refractivity contribution in [2.75, 3.05) is 0 Å². The summed E-state index contributed by atoms with van der Waals surface area (Å²) in [6.45, 7) is 11.0. The third-order valence-electron chi connectivity index (χ3n) is 4.17. The Kier molecular flexibility index (Phi) is 14.3. The van der Waals surface area contributed by atoms with E-state index in [4.69, 9.17) is 0 Å². The topological polar surface area (TPSA) is 17.1 Å². The van der Waals surface area contributed by atoms with Crippen molar-refractivity contribution in [3.8, 4) is 0 Å². The van der Waals surface area contributed by atoms with Gasteiger partial charge in [0.05, 0.1) is 0 Å². The minimum Gasteiger partial charge on any atom is -0.303 e. The monoisotopic (exact) mass is 330 g/mol. The standard InChI is InChI=1S/C23H38O/c1-20(2)12-10-16-23(5)18-11-17-22(4)14-7-6-13-21(3)15-8-9-19-24/h12-14,18-19H,6-11,15-17H2,1-5H3/b21-13+,22-14+,23-18+. The van der Waals surface area contributed by atoms with E-state index in [1.165, 1.54) is 35.1 Å². The summed E-state index contributed by atoms with van der Waals surface area (Å²) < 4.78 is 0. The van der Waals surface area contributed by atoms with Crippen molar-refractivity contribution in [3.63, 3.8) is 0 Å². The third kappa shape index (κ3) is 15.5. The van der Waals surface area contributed by atoms with Crippen LogP contribution >= 0.6 is 0 Å². The molecule has 0 N–H and O–H groups in total. The molecule has 0 atom stereocenters. The average Bonchev–Trinajstić information content (AvgIpc) is 2.51. The summed E-state index contributed by atoms with van der Waals surface area (Å²) in [4.78, 5) is 10.3. The highest BCUT2D eigenvalue weighted by Crippen LogP contribution is 2.13. The number of carbonyl (C=O) groups excluding carboxylic acids is 1. The summed E-state index contributed by atoms with van der Waals surface area (Å²) in [5.74, 6) is 0. The molecule has 0 aliphatic carbocycles. The van der Waals surface area contributed by atoms with Gasteiger partial charge >= 0.3 is 0 Å². The molecule has 136 valence electrons. The minimum atomic E-state index is 0.686. The Hall–Kier alpha value is -1.37. The van der Waals surface area contributed by atoms with E-state index in [1.807, 2.05) is 0 Å². The molecule has 0 amide bonds. The van der Waals surface area contributed by atoms with Crippen LogP contribution in [0.3, 0.4) is 0 Å². The van der Waals surface area contributed by atoms with E-state index in [0.29, 0.717) is 6.42 Å². The molecule has 0 unspecified atom stereocenters. The third-order valence-corrected chi connectivity index (χ3v) is 4.17. The van der Waals surface area contributed by atoms with Crippen molar-refractivity contribution in [2.45, 2.75) is 92.4 Å². The summed E-state index contributed by atoms with van der Waals surface area (Å²) in [5.41, 5.74) is 5.83. The average molecular weight is 331 g/mol. The molecule has 0 aromatic rings. The predicted octanol–water partition coefficient (Wildman–Crippen LogP) is 7.50. The van der Waals surface area contributed by atoms with Gasteiger partial charge in [0.1, 0.15) is 6.29 Å². The Balaban J connectivity index is 3.92. The number of aldehydes is 1. The van der Waals surface area contributed by atoms with Gasteiger partial charge in [0.15, 0.2) is 0 Å². The van der Waals surface area contributed by atoms with Crippen LogP contribution in [0.25, 0.3) is 0 Å². The number of unbranched alkanes of at least 4 members (excludes halogenated alkanes) is 2. The molecule has 0 heterocycles. The first-order chi connectivity index (χ1) is 11.5. The van der Waals surface area contributed by atoms with Crippen molar-refractivity contribution in [1.82, 2.24) is 0 Å². The van der Waals surface area contributed by atoms with Crippen molar-refractivity contribution in [3.05, 3.63) is 46.6 Å². The van der Waals surface area contributed by atoms with Crippen LogP contribution in [0.4, 0.5) is 0 Å². The molecule has 0 saturated heterocycles. The molecule has 0 aliphatic heterocycles. The molecule has 24 heavy (non-hydrogen) atoms. The zero-order chi connectivity index (χ0) is 18.2. The van der Waals surface area contributed by atoms with Gasteiger partial charge in [-0.3, -0.25) is 0 Å². The lowest BCUT2D eigenvalue weighted by Crippen LogP contribution is -1.82. The maximum Gasteiger partial charge on any atom is 0.120 e. The quantitative estimate of drug-likeness (QED) is 0.194. The summed E-state index contributed by atoms with van der Waals surface area (Å²) in [6, 6.07) is 0. The highest BCUT2D eigenvalue weighted by molar-refractivity contribution is 5.49. The van der Waals surface area contributed by atoms with Gasteiger partial charge in [-0.25, -0.2) is 0 Å². The number of carbonyl (C=O) groups is 1. The van der Waals surface area contributed by atoms with Gasteiger partial charge in [0, 0.05) is 6.42 Å². The van der Waals surface area contributed by atoms with E-state index in [1.54, 1.807) is 0 Å². The zero-order valence-electron chi connectivity index (χ0n) is 16.7. The number of allylic oxidation sites excluding steroid dienone is 8. The fraction of sp³-hybridized carbons (Fsp3) is 0.609. The van der Waals surface area contributed by atoms with Gasteiger partial charge in [-0.2, -0.15) is 0 Å². The van der Waals surface area contributed by atoms with Crippen LogP contribution in [0.2, 0.25) is 0 Å². The Morgan fingerprint density at radius 1 is 0.583 bits per heavy atom. The maximum atomic E-state index is 10.3. The second-order valence-electron chi connectivity index (χ2n) is 7.15. The summed E-state index contributed by atoms with van der Waals surface area (Å²) in [6.07, 6.45) is 20.1. The second kappa shape index (κ2) is 15.2. The van der Waals surface area contributed by atoms with Gasteiger partial charge in [-0.1, -0.05) is 46.6 Å². The van der Waals surface area contributed by atoms with Crippen molar-refractivity contribution in [2.24, 2.45) is 0 Å². The molecule has 0 fully saturated rings. The Morgan fingerprint density at radius 3 is 1.54 bits per heavy atom. The van der Waals surface area contributed by atoms with E-state index in [-0.39, 0.29) is 0 Å². The lowest BCUT2D eigenvalue weighted by Gasteiger charge is -2.02. The molecular weight excluding hydrogens is 292 g/mol. The van der Waals surface area contributed by atoms with Crippen LogP contribution < -0.4 is 0 Å². The van der Waals surface area contributed by atoms with E-state index in [9.17, 15) is 4.79 Å². The van der Waals surface area contributed by atoms with Gasteiger partial charge < -0.3 is 4.79 Å². The first kappa shape index (κ1) is 22.6. The first-order valence-corrected chi connectivity index (χ1v) is 9.49. The van der Waals surface area contributed by atoms with Gasteiger partial charge in [0.2, 0.25) is 0 Å². The molecule has 0 spiro atoms. The lowest BCUT2D eigenvalue weighted by atomic mass is 10.0. The molecule has 0 bridgehead atoms. The van der Waals surface area contributed by atoms with Crippen LogP contribution in [0.1, 0.15) is 92.4 Å². The molecule has 0 rings (SSSR count). The van der Waals surface area contributed by atoms with Crippen molar-refractivity contribution in [1.29, 1.82) is 0 Å². The highest BCUT2D eigenvalue weighted by Gasteiger charge is 1.93. The molecule has 1 heteroatoms. The number of hydrogen-bond donors (Lipinski definition) is 0. The van der Waals surface area contributed by atoms with Gasteiger partial charge in [-0.15, -0.1) is 0 Å². The van der Waals surface area contributed by atoms with Crippen LogP contribution in [-0.4, -0.2) is 6.29 Å². The molecule has 0 radical (unpaired) electrons. The minimum absolute atomic E-state index is 0.686. The van der Waals surface area contributed by atoms with Gasteiger partial charge in [0.25, 0.3) is 0 Å². The van der Waals surface area contributed by atoms with Crippen LogP contribution in [0.5, 0.6) is 0 Å². The normalized spacial score (nSPS) is 13.1. The fourth-order valence-corrected chi connectivity index (χ4v) is 2.56. The van der Waals surface area contributed by atoms with E-state index in [2.05, 4.69) is 58.9 Å². The number of rotatable bonds is 13. The predicted molar refractivity (Wildman–Crippen MR) is 108 cm³/mol. The SMILES string of the molecule is CC(C)=CCC/C(C)=C/CC/C(C)=C/CC/C=C(\C)CCCC=O. The molecule has 0 saturated carbocycles. The largest absolute Gasteiger partial charge is 0.303 e. The molecule has 0 aromatic heterocycles. The molecule has 0 aromatic carbocycles. The molecule has 0 aliphatic rings. The Bertz CT molecular complexity index is 456. The van der Waals surface area contributed by atoms with E-state index in [0.717, 1.165) is 44.8 Å². The van der Waals surface area contributed by atoms with E-state index >= 15 is 0 Å². The van der Waals surface area contributed by atoms with Crippen LogP contribution in [0.15, 0.2) is 46.6 Å². The molecule has 1 nitrogen and oxygen atoms in total. The Morgan fingerprint density at radius 2 is 1.04 bits per heavy atom. The lowest BCUT2D eigenvalue weighted by molar-refractivity contribution is -0.107. The van der Waals surface area contributed by atoms with Crippen LogP contribution in [-0.2, 0) is 4.79 Å². The van der Waals surface area contributed by atoms with Crippen LogP contribution in [0, 0.1) is 0 Å². The van der Waals surface area contributed by atoms with Gasteiger partial charge in [-0.05, 0) is 86.0 Å². The maximum absolute atomic E-state index is 10.3. The second-order valence-corrected chi connectivity index (χ2v) is 7.15. The number of hydrogen-bond acceptors (Lipinski definition) is 1. The molecular formula is C23H38O. The highest BCUT2D eigenvalue weighted by atomic mass is 16.1. The zero-order valence-corrected chi connectivity index (χ0v) is 16.7.